The van der Waals surface area contributed by atoms with Crippen molar-refractivity contribution in [3.63, 3.8) is 0 Å². The molecule has 0 heterocycles. The van der Waals surface area contributed by atoms with Crippen molar-refractivity contribution in [1.82, 2.24) is 0 Å². The molecule has 0 radical (unpaired) electrons. The number of nitrogens with one attached hydrogen (secondary N) is 1. The lowest BCUT2D eigenvalue weighted by Gasteiger charge is -2.10. The van der Waals surface area contributed by atoms with E-state index in [2.05, 4.69) is 5.32 Å². The number of rotatable bonds is 5. The first-order valence-electron chi connectivity index (χ1n) is 6.51. The molecule has 0 aliphatic rings. The molecule has 2 aromatic rings. The van der Waals surface area contributed by atoms with Gasteiger partial charge in [0.25, 0.3) is 5.91 Å². The maximum atomic E-state index is 11.8. The Balaban J connectivity index is 1.93. The second-order valence-corrected chi connectivity index (χ2v) is 4.61. The molecule has 2 aromatic carbocycles. The normalized spacial score (nSPS) is 10.0. The SMILES string of the molecule is COc1ccc(N)c(OCC(=O)Nc2ccc(C)cc2)c1. The van der Waals surface area contributed by atoms with Crippen LogP contribution in [0, 0.1) is 6.92 Å². The van der Waals surface area contributed by atoms with Crippen LogP contribution < -0.4 is 20.5 Å². The van der Waals surface area contributed by atoms with Crippen LogP contribution in [0.2, 0.25) is 0 Å². The maximum absolute atomic E-state index is 11.8. The van der Waals surface area contributed by atoms with Gasteiger partial charge < -0.3 is 20.5 Å². The third-order valence-electron chi connectivity index (χ3n) is 2.91. The molecule has 0 atom stereocenters. The Morgan fingerprint density at radius 3 is 2.57 bits per heavy atom. The monoisotopic (exact) mass is 286 g/mol. The molecule has 3 N–H and O–H groups in total. The van der Waals surface area contributed by atoms with E-state index in [1.165, 1.54) is 0 Å². The number of hydrogen-bond donors (Lipinski definition) is 2. The van der Waals surface area contributed by atoms with Crippen LogP contribution in [-0.2, 0) is 4.79 Å². The maximum Gasteiger partial charge on any atom is 0.262 e. The standard InChI is InChI=1S/C16H18N2O3/c1-11-3-5-12(6-4-11)18-16(19)10-21-15-9-13(20-2)7-8-14(15)17/h3-9H,10,17H2,1-2H3,(H,18,19). The molecule has 0 aromatic heterocycles. The lowest BCUT2D eigenvalue weighted by atomic mass is 10.2. The number of carbonyl (C=O) groups excluding carboxylic acids is 1. The van der Waals surface area contributed by atoms with Gasteiger partial charge in [0.1, 0.15) is 11.5 Å². The first-order chi connectivity index (χ1) is 10.1. The summed E-state index contributed by atoms with van der Waals surface area (Å²) in [4.78, 5) is 11.8. The summed E-state index contributed by atoms with van der Waals surface area (Å²) >= 11 is 0. The van der Waals surface area contributed by atoms with Crippen LogP contribution >= 0.6 is 0 Å². The van der Waals surface area contributed by atoms with Crippen LogP contribution in [0.5, 0.6) is 11.5 Å². The van der Waals surface area contributed by atoms with Gasteiger partial charge in [-0.25, -0.2) is 0 Å². The molecule has 0 saturated carbocycles. The number of nitrogens with two attached hydrogens (primary N) is 1. The number of aryl methyl sites for hydroxylation is 1. The summed E-state index contributed by atoms with van der Waals surface area (Å²) in [5.41, 5.74) is 8.11. The van der Waals surface area contributed by atoms with Crippen LogP contribution in [0.4, 0.5) is 11.4 Å². The van der Waals surface area contributed by atoms with Gasteiger partial charge in [0, 0.05) is 11.8 Å². The number of carbonyl (C=O) groups is 1. The minimum Gasteiger partial charge on any atom is -0.497 e. The van der Waals surface area contributed by atoms with Crippen molar-refractivity contribution >= 4 is 17.3 Å². The van der Waals surface area contributed by atoms with E-state index in [1.807, 2.05) is 31.2 Å². The molecule has 0 spiro atoms. The summed E-state index contributed by atoms with van der Waals surface area (Å²) in [5, 5.41) is 2.75. The molecule has 2 rings (SSSR count). The van der Waals surface area contributed by atoms with E-state index < -0.39 is 0 Å². The first-order valence-corrected chi connectivity index (χ1v) is 6.51. The van der Waals surface area contributed by atoms with Crippen LogP contribution in [0.3, 0.4) is 0 Å². The quantitative estimate of drug-likeness (QED) is 0.829. The van der Waals surface area contributed by atoms with Gasteiger partial charge in [-0.05, 0) is 31.2 Å². The minimum atomic E-state index is -0.249. The number of ether oxygens (including phenoxy) is 2. The average Bonchev–Trinajstić information content (AvgIpc) is 2.49. The number of benzene rings is 2. The summed E-state index contributed by atoms with van der Waals surface area (Å²) in [6.07, 6.45) is 0. The molecule has 0 unspecified atom stereocenters. The van der Waals surface area contributed by atoms with Crippen molar-refractivity contribution in [3.05, 3.63) is 48.0 Å². The molecule has 5 nitrogen and oxygen atoms in total. The fraction of sp³-hybridized carbons (Fsp3) is 0.188. The number of methoxy groups -OCH3 is 1. The summed E-state index contributed by atoms with van der Waals surface area (Å²) in [6, 6.07) is 12.6. The Kier molecular flexibility index (Phi) is 4.66. The third-order valence-corrected chi connectivity index (χ3v) is 2.91. The summed E-state index contributed by atoms with van der Waals surface area (Å²) in [7, 11) is 1.55. The molecule has 110 valence electrons. The molecule has 0 saturated heterocycles. The Labute approximate surface area is 123 Å². The second kappa shape index (κ2) is 6.65. The molecular weight excluding hydrogens is 268 g/mol. The van der Waals surface area contributed by atoms with E-state index in [0.717, 1.165) is 11.3 Å². The van der Waals surface area contributed by atoms with Gasteiger partial charge in [0.05, 0.1) is 12.8 Å². The Hall–Kier alpha value is -2.69. The van der Waals surface area contributed by atoms with E-state index in [9.17, 15) is 4.79 Å². The van der Waals surface area contributed by atoms with Gasteiger partial charge in [-0.3, -0.25) is 4.79 Å². The molecule has 0 fully saturated rings. The highest BCUT2D eigenvalue weighted by Crippen LogP contribution is 2.26. The Morgan fingerprint density at radius 2 is 1.90 bits per heavy atom. The highest BCUT2D eigenvalue weighted by atomic mass is 16.5. The Bertz CT molecular complexity index is 624. The first kappa shape index (κ1) is 14.7. The van der Waals surface area contributed by atoms with Crippen molar-refractivity contribution in [2.24, 2.45) is 0 Å². The fourth-order valence-electron chi connectivity index (χ4n) is 1.74. The molecule has 0 aliphatic heterocycles. The summed E-state index contributed by atoms with van der Waals surface area (Å²) < 4.78 is 10.5. The lowest BCUT2D eigenvalue weighted by molar-refractivity contribution is -0.118. The van der Waals surface area contributed by atoms with E-state index in [1.54, 1.807) is 25.3 Å². The van der Waals surface area contributed by atoms with Crippen molar-refractivity contribution in [2.45, 2.75) is 6.92 Å². The van der Waals surface area contributed by atoms with E-state index in [-0.39, 0.29) is 12.5 Å². The van der Waals surface area contributed by atoms with Gasteiger partial charge in [-0.2, -0.15) is 0 Å². The van der Waals surface area contributed by atoms with Gasteiger partial charge in [-0.1, -0.05) is 17.7 Å². The molecule has 1 amide bonds. The predicted octanol–water partition coefficient (Wildman–Crippen LogP) is 2.60. The van der Waals surface area contributed by atoms with E-state index >= 15 is 0 Å². The summed E-state index contributed by atoms with van der Waals surface area (Å²) in [6.45, 7) is 1.87. The van der Waals surface area contributed by atoms with Gasteiger partial charge in [0.2, 0.25) is 0 Å². The third kappa shape index (κ3) is 4.14. The van der Waals surface area contributed by atoms with Crippen molar-refractivity contribution in [2.75, 3.05) is 24.8 Å². The highest BCUT2D eigenvalue weighted by Gasteiger charge is 2.07. The van der Waals surface area contributed by atoms with Gasteiger partial charge in [0.15, 0.2) is 6.61 Å². The zero-order chi connectivity index (χ0) is 15.2. The number of nitrogen functional groups attached to an aromatic ring is 1. The van der Waals surface area contributed by atoms with Crippen LogP contribution in [-0.4, -0.2) is 19.6 Å². The van der Waals surface area contributed by atoms with Crippen LogP contribution in [0.25, 0.3) is 0 Å². The lowest BCUT2D eigenvalue weighted by Crippen LogP contribution is -2.20. The van der Waals surface area contributed by atoms with Crippen molar-refractivity contribution in [1.29, 1.82) is 0 Å². The molecule has 0 bridgehead atoms. The van der Waals surface area contributed by atoms with Gasteiger partial charge >= 0.3 is 0 Å². The predicted molar refractivity (Wildman–Crippen MR) is 82.7 cm³/mol. The molecule has 0 aliphatic carbocycles. The van der Waals surface area contributed by atoms with Crippen LogP contribution in [0.15, 0.2) is 42.5 Å². The topological polar surface area (TPSA) is 73.6 Å². The zero-order valence-electron chi connectivity index (χ0n) is 12.1. The van der Waals surface area contributed by atoms with Crippen LogP contribution in [0.1, 0.15) is 5.56 Å². The van der Waals surface area contributed by atoms with Crippen molar-refractivity contribution < 1.29 is 14.3 Å². The largest absolute Gasteiger partial charge is 0.497 e. The molecule has 5 heteroatoms. The highest BCUT2D eigenvalue weighted by molar-refractivity contribution is 5.91. The second-order valence-electron chi connectivity index (χ2n) is 4.61. The molecular formula is C16H18N2O3. The number of hydrogen-bond acceptors (Lipinski definition) is 4. The Morgan fingerprint density at radius 1 is 1.19 bits per heavy atom. The number of anilines is 2. The fourth-order valence-corrected chi connectivity index (χ4v) is 1.74. The number of amides is 1. The minimum absolute atomic E-state index is 0.120. The average molecular weight is 286 g/mol. The van der Waals surface area contributed by atoms with Crippen molar-refractivity contribution in [3.8, 4) is 11.5 Å². The smallest absolute Gasteiger partial charge is 0.262 e. The molecule has 21 heavy (non-hydrogen) atoms. The van der Waals surface area contributed by atoms with Gasteiger partial charge in [-0.15, -0.1) is 0 Å². The zero-order valence-corrected chi connectivity index (χ0v) is 12.1. The summed E-state index contributed by atoms with van der Waals surface area (Å²) in [5.74, 6) is 0.799. The van der Waals surface area contributed by atoms with E-state index in [4.69, 9.17) is 15.2 Å². The van der Waals surface area contributed by atoms with E-state index in [0.29, 0.717) is 17.2 Å².